The van der Waals surface area contributed by atoms with E-state index in [1.54, 1.807) is 24.5 Å². The zero-order chi connectivity index (χ0) is 22.8. The predicted octanol–water partition coefficient (Wildman–Crippen LogP) is 6.54. The molecular formula is C23H17Cl2N5O2S. The first kappa shape index (κ1) is 21.8. The molecule has 0 amide bonds. The molecule has 5 aromatic rings. The van der Waals surface area contributed by atoms with Crippen LogP contribution in [0, 0.1) is 6.92 Å². The van der Waals surface area contributed by atoms with E-state index in [0.29, 0.717) is 39.7 Å². The summed E-state index contributed by atoms with van der Waals surface area (Å²) < 4.78 is 13.4. The standard InChI is InChI=1S/C23H17Cl2N5O2S/c1-14-17(9-10-31-14)21-27-29-23(30(21)12-15-5-3-2-4-6-15)33-13-20-26-28-22(32-20)18-8-7-16(24)11-19(18)25/h2-11H,12-13H2,1H3. The van der Waals surface area contributed by atoms with Crippen molar-refractivity contribution in [2.24, 2.45) is 0 Å². The molecule has 2 aromatic carbocycles. The molecular weight excluding hydrogens is 481 g/mol. The average Bonchev–Trinajstić information content (AvgIpc) is 3.53. The first-order valence-corrected chi connectivity index (χ1v) is 11.7. The molecule has 3 aromatic heterocycles. The number of aryl methyl sites for hydroxylation is 1. The first-order valence-electron chi connectivity index (χ1n) is 10.0. The van der Waals surface area contributed by atoms with Crippen LogP contribution in [0.2, 0.25) is 10.0 Å². The number of hydrogen-bond donors (Lipinski definition) is 0. The van der Waals surface area contributed by atoms with Crippen LogP contribution in [0.4, 0.5) is 0 Å². The number of aromatic nitrogens is 5. The third-order valence-electron chi connectivity index (χ3n) is 4.95. The van der Waals surface area contributed by atoms with Gasteiger partial charge in [-0.05, 0) is 36.8 Å². The van der Waals surface area contributed by atoms with Gasteiger partial charge < -0.3 is 8.83 Å². The van der Waals surface area contributed by atoms with Crippen molar-refractivity contribution in [2.75, 3.05) is 0 Å². The molecule has 0 saturated heterocycles. The minimum Gasteiger partial charge on any atom is -0.469 e. The molecule has 0 aliphatic carbocycles. The van der Waals surface area contributed by atoms with Gasteiger partial charge in [-0.15, -0.1) is 20.4 Å². The van der Waals surface area contributed by atoms with E-state index in [-0.39, 0.29) is 0 Å². The van der Waals surface area contributed by atoms with Gasteiger partial charge in [0.05, 0.1) is 34.7 Å². The lowest BCUT2D eigenvalue weighted by Crippen LogP contribution is -2.04. The molecule has 0 bridgehead atoms. The van der Waals surface area contributed by atoms with E-state index in [2.05, 4.69) is 37.1 Å². The Hall–Kier alpha value is -3.07. The van der Waals surface area contributed by atoms with Crippen LogP contribution in [-0.4, -0.2) is 25.0 Å². The summed E-state index contributed by atoms with van der Waals surface area (Å²) in [6.45, 7) is 2.52. The summed E-state index contributed by atoms with van der Waals surface area (Å²) in [5, 5.41) is 18.9. The highest BCUT2D eigenvalue weighted by atomic mass is 35.5. The summed E-state index contributed by atoms with van der Waals surface area (Å²) in [6.07, 6.45) is 1.65. The van der Waals surface area contributed by atoms with Gasteiger partial charge in [-0.2, -0.15) is 0 Å². The average molecular weight is 498 g/mol. The number of hydrogen-bond acceptors (Lipinski definition) is 7. The first-order chi connectivity index (χ1) is 16.1. The van der Waals surface area contributed by atoms with Crippen LogP contribution in [0.25, 0.3) is 22.8 Å². The molecule has 0 aliphatic heterocycles. The van der Waals surface area contributed by atoms with Crippen molar-refractivity contribution in [1.82, 2.24) is 25.0 Å². The summed E-state index contributed by atoms with van der Waals surface area (Å²) in [6, 6.07) is 17.2. The highest BCUT2D eigenvalue weighted by molar-refractivity contribution is 7.98. The van der Waals surface area contributed by atoms with Crippen molar-refractivity contribution >= 4 is 35.0 Å². The van der Waals surface area contributed by atoms with Gasteiger partial charge in [0.25, 0.3) is 0 Å². The van der Waals surface area contributed by atoms with Crippen molar-refractivity contribution in [3.8, 4) is 22.8 Å². The Morgan fingerprint density at radius 2 is 1.79 bits per heavy atom. The van der Waals surface area contributed by atoms with Crippen molar-refractivity contribution in [3.63, 3.8) is 0 Å². The van der Waals surface area contributed by atoms with Crippen LogP contribution < -0.4 is 0 Å². The van der Waals surface area contributed by atoms with E-state index in [4.69, 9.17) is 32.0 Å². The second-order valence-electron chi connectivity index (χ2n) is 7.18. The monoisotopic (exact) mass is 497 g/mol. The summed E-state index contributed by atoms with van der Waals surface area (Å²) in [4.78, 5) is 0. The third-order valence-corrected chi connectivity index (χ3v) is 6.45. The fourth-order valence-corrected chi connectivity index (χ4v) is 4.59. The fraction of sp³-hybridized carbons (Fsp3) is 0.130. The van der Waals surface area contributed by atoms with Gasteiger partial charge >= 0.3 is 0 Å². The number of nitrogens with zero attached hydrogens (tertiary/aromatic N) is 5. The number of furan rings is 1. The molecule has 0 fully saturated rings. The second kappa shape index (κ2) is 9.43. The topological polar surface area (TPSA) is 82.8 Å². The largest absolute Gasteiger partial charge is 0.469 e. The maximum Gasteiger partial charge on any atom is 0.249 e. The van der Waals surface area contributed by atoms with Crippen LogP contribution in [-0.2, 0) is 12.3 Å². The summed E-state index contributed by atoms with van der Waals surface area (Å²) >= 11 is 13.7. The lowest BCUT2D eigenvalue weighted by molar-refractivity contribution is 0.528. The predicted molar refractivity (Wildman–Crippen MR) is 127 cm³/mol. The van der Waals surface area contributed by atoms with Crippen molar-refractivity contribution < 1.29 is 8.83 Å². The van der Waals surface area contributed by atoms with Gasteiger partial charge in [-0.3, -0.25) is 4.57 Å². The number of halogens is 2. The normalized spacial score (nSPS) is 11.2. The van der Waals surface area contributed by atoms with Crippen molar-refractivity contribution in [1.29, 1.82) is 0 Å². The van der Waals surface area contributed by atoms with E-state index < -0.39 is 0 Å². The minimum atomic E-state index is 0.340. The van der Waals surface area contributed by atoms with E-state index in [1.165, 1.54) is 11.8 Å². The second-order valence-corrected chi connectivity index (χ2v) is 8.97. The van der Waals surface area contributed by atoms with Gasteiger partial charge in [-0.1, -0.05) is 65.3 Å². The van der Waals surface area contributed by atoms with Crippen LogP contribution in [0.3, 0.4) is 0 Å². The van der Waals surface area contributed by atoms with Gasteiger partial charge in [-0.25, -0.2) is 0 Å². The minimum absolute atomic E-state index is 0.340. The molecule has 7 nitrogen and oxygen atoms in total. The zero-order valence-corrected chi connectivity index (χ0v) is 19.7. The van der Waals surface area contributed by atoms with Crippen molar-refractivity contribution in [3.05, 3.63) is 88.1 Å². The molecule has 0 atom stereocenters. The molecule has 5 rings (SSSR count). The molecule has 0 radical (unpaired) electrons. The smallest absolute Gasteiger partial charge is 0.249 e. The van der Waals surface area contributed by atoms with E-state index in [0.717, 1.165) is 27.9 Å². The SMILES string of the molecule is Cc1occc1-c1nnc(SCc2nnc(-c3ccc(Cl)cc3Cl)o2)n1Cc1ccccc1. The lowest BCUT2D eigenvalue weighted by Gasteiger charge is -2.09. The Morgan fingerprint density at radius 3 is 2.55 bits per heavy atom. The van der Waals surface area contributed by atoms with Gasteiger partial charge in [0, 0.05) is 5.02 Å². The molecule has 166 valence electrons. The summed E-state index contributed by atoms with van der Waals surface area (Å²) in [7, 11) is 0. The Morgan fingerprint density at radius 1 is 0.939 bits per heavy atom. The molecule has 0 unspecified atom stereocenters. The maximum atomic E-state index is 6.26. The van der Waals surface area contributed by atoms with Crippen LogP contribution in [0.5, 0.6) is 0 Å². The van der Waals surface area contributed by atoms with Gasteiger partial charge in [0.1, 0.15) is 5.76 Å². The van der Waals surface area contributed by atoms with Gasteiger partial charge in [0.2, 0.25) is 11.8 Å². The lowest BCUT2D eigenvalue weighted by atomic mass is 10.2. The molecule has 33 heavy (non-hydrogen) atoms. The van der Waals surface area contributed by atoms with Crippen molar-refractivity contribution in [2.45, 2.75) is 24.4 Å². The van der Waals surface area contributed by atoms with E-state index >= 15 is 0 Å². The molecule has 0 N–H and O–H groups in total. The zero-order valence-electron chi connectivity index (χ0n) is 17.4. The molecule has 0 aliphatic rings. The number of rotatable bonds is 7. The fourth-order valence-electron chi connectivity index (χ4n) is 3.33. The Bertz CT molecular complexity index is 1400. The van der Waals surface area contributed by atoms with Gasteiger partial charge in [0.15, 0.2) is 11.0 Å². The van der Waals surface area contributed by atoms with Crippen LogP contribution in [0.1, 0.15) is 17.2 Å². The highest BCUT2D eigenvalue weighted by Crippen LogP contribution is 2.32. The molecule has 0 saturated carbocycles. The number of thioether (sulfide) groups is 1. The quantitative estimate of drug-likeness (QED) is 0.236. The summed E-state index contributed by atoms with van der Waals surface area (Å²) in [5.41, 5.74) is 2.68. The van der Waals surface area contributed by atoms with E-state index in [1.807, 2.05) is 31.2 Å². The Balaban J connectivity index is 1.40. The summed E-state index contributed by atoms with van der Waals surface area (Å²) in [5.74, 6) is 2.75. The van der Waals surface area contributed by atoms with Crippen LogP contribution in [0.15, 0.2) is 74.9 Å². The molecule has 0 spiro atoms. The molecule has 10 heteroatoms. The third kappa shape index (κ3) is 4.68. The number of benzene rings is 2. The van der Waals surface area contributed by atoms with Crippen LogP contribution >= 0.6 is 35.0 Å². The highest BCUT2D eigenvalue weighted by Gasteiger charge is 2.19. The Kier molecular flexibility index (Phi) is 6.22. The van der Waals surface area contributed by atoms with E-state index in [9.17, 15) is 0 Å². The Labute approximate surface area is 203 Å². The molecule has 3 heterocycles. The maximum absolute atomic E-state index is 6.26.